The maximum atomic E-state index is 13.9. The van der Waals surface area contributed by atoms with Gasteiger partial charge in [-0.3, -0.25) is 5.84 Å². The minimum Gasteiger partial charge on any atom is -0.496 e. The lowest BCUT2D eigenvalue weighted by Crippen LogP contribution is -2.29. The van der Waals surface area contributed by atoms with Gasteiger partial charge < -0.3 is 4.74 Å². The molecule has 1 atom stereocenters. The summed E-state index contributed by atoms with van der Waals surface area (Å²) in [7, 11) is 1.51. The zero-order valence-corrected chi connectivity index (χ0v) is 10.1. The fraction of sp³-hybridized carbons (Fsp3) is 0.167. The fourth-order valence-corrected chi connectivity index (χ4v) is 2.53. The van der Waals surface area contributed by atoms with Crippen molar-refractivity contribution in [1.82, 2.24) is 5.43 Å². The number of hydrogen-bond donors (Lipinski definition) is 2. The van der Waals surface area contributed by atoms with Gasteiger partial charge in [0.2, 0.25) is 0 Å². The van der Waals surface area contributed by atoms with Crippen molar-refractivity contribution in [3.8, 4) is 5.75 Å². The second kappa shape index (κ2) is 5.27. The van der Waals surface area contributed by atoms with Crippen molar-refractivity contribution < 1.29 is 9.13 Å². The molecule has 17 heavy (non-hydrogen) atoms. The molecule has 0 aliphatic rings. The van der Waals surface area contributed by atoms with Gasteiger partial charge in [-0.25, -0.2) is 9.82 Å². The minimum absolute atomic E-state index is 0.333. The number of ether oxygens (including phenoxy) is 1. The van der Waals surface area contributed by atoms with Gasteiger partial charge in [0.25, 0.3) is 0 Å². The largest absolute Gasteiger partial charge is 0.496 e. The van der Waals surface area contributed by atoms with E-state index in [0.717, 1.165) is 4.88 Å². The third-order valence-electron chi connectivity index (χ3n) is 2.52. The zero-order valence-electron chi connectivity index (χ0n) is 9.31. The van der Waals surface area contributed by atoms with E-state index < -0.39 is 6.04 Å². The Morgan fingerprint density at radius 1 is 1.35 bits per heavy atom. The molecule has 5 heteroatoms. The average Bonchev–Trinajstić information content (AvgIpc) is 2.86. The number of halogens is 1. The summed E-state index contributed by atoms with van der Waals surface area (Å²) in [5.74, 6) is 5.68. The second-order valence-electron chi connectivity index (χ2n) is 3.47. The van der Waals surface area contributed by atoms with Crippen molar-refractivity contribution in [3.05, 3.63) is 52.0 Å². The Morgan fingerprint density at radius 3 is 2.76 bits per heavy atom. The summed E-state index contributed by atoms with van der Waals surface area (Å²) in [5.41, 5.74) is 3.06. The van der Waals surface area contributed by atoms with E-state index in [1.807, 2.05) is 17.5 Å². The molecule has 1 heterocycles. The lowest BCUT2D eigenvalue weighted by Gasteiger charge is -2.18. The molecule has 0 saturated carbocycles. The molecule has 0 bridgehead atoms. The Hall–Kier alpha value is -1.43. The summed E-state index contributed by atoms with van der Waals surface area (Å²) in [6, 6.07) is 8.14. The molecule has 3 nitrogen and oxygen atoms in total. The third kappa shape index (κ3) is 2.31. The van der Waals surface area contributed by atoms with Crippen LogP contribution >= 0.6 is 11.3 Å². The van der Waals surface area contributed by atoms with Crippen LogP contribution < -0.4 is 16.0 Å². The first-order valence-electron chi connectivity index (χ1n) is 5.10. The average molecular weight is 252 g/mol. The van der Waals surface area contributed by atoms with Crippen molar-refractivity contribution in [2.45, 2.75) is 6.04 Å². The molecule has 0 fully saturated rings. The van der Waals surface area contributed by atoms with Crippen LogP contribution in [0.4, 0.5) is 4.39 Å². The van der Waals surface area contributed by atoms with E-state index in [1.165, 1.54) is 24.5 Å². The Labute approximate surface area is 103 Å². The van der Waals surface area contributed by atoms with Crippen LogP contribution in [0.3, 0.4) is 0 Å². The van der Waals surface area contributed by atoms with Gasteiger partial charge in [0.15, 0.2) is 0 Å². The number of rotatable bonds is 4. The van der Waals surface area contributed by atoms with Gasteiger partial charge in [-0.15, -0.1) is 11.3 Å². The molecule has 0 radical (unpaired) electrons. The van der Waals surface area contributed by atoms with E-state index in [-0.39, 0.29) is 5.82 Å². The first-order valence-corrected chi connectivity index (χ1v) is 5.97. The van der Waals surface area contributed by atoms with Gasteiger partial charge in [0.1, 0.15) is 11.6 Å². The number of nitrogens with one attached hydrogen (secondary N) is 1. The molecule has 0 amide bonds. The molecular weight excluding hydrogens is 239 g/mol. The van der Waals surface area contributed by atoms with E-state index in [2.05, 4.69) is 5.43 Å². The molecule has 0 spiro atoms. The molecule has 1 aromatic heterocycles. The normalized spacial score (nSPS) is 12.4. The third-order valence-corrected chi connectivity index (χ3v) is 3.45. The molecule has 0 aliphatic carbocycles. The number of methoxy groups -OCH3 is 1. The molecule has 0 aliphatic heterocycles. The van der Waals surface area contributed by atoms with Gasteiger partial charge in [-0.2, -0.15) is 0 Å². The predicted molar refractivity (Wildman–Crippen MR) is 66.4 cm³/mol. The number of benzene rings is 1. The molecule has 0 saturated heterocycles. The van der Waals surface area contributed by atoms with E-state index in [1.54, 1.807) is 12.1 Å². The van der Waals surface area contributed by atoms with E-state index in [9.17, 15) is 4.39 Å². The highest BCUT2D eigenvalue weighted by atomic mass is 32.1. The van der Waals surface area contributed by atoms with Gasteiger partial charge in [-0.1, -0.05) is 12.1 Å². The molecular formula is C12H13FN2OS. The summed E-state index contributed by atoms with van der Waals surface area (Å²) in [4.78, 5) is 0.941. The second-order valence-corrected chi connectivity index (χ2v) is 4.45. The van der Waals surface area contributed by atoms with Crippen molar-refractivity contribution in [2.24, 2.45) is 5.84 Å². The summed E-state index contributed by atoms with van der Waals surface area (Å²) in [5, 5.41) is 1.92. The highest BCUT2D eigenvalue weighted by molar-refractivity contribution is 7.10. The Balaban J connectivity index is 2.50. The molecule has 1 aromatic carbocycles. The van der Waals surface area contributed by atoms with Crippen LogP contribution in [0.15, 0.2) is 35.7 Å². The lowest BCUT2D eigenvalue weighted by molar-refractivity contribution is 0.397. The lowest BCUT2D eigenvalue weighted by atomic mass is 10.0. The number of nitrogens with two attached hydrogens (primary N) is 1. The number of hydrogen-bond acceptors (Lipinski definition) is 4. The summed E-state index contributed by atoms with van der Waals surface area (Å²) >= 11 is 1.51. The van der Waals surface area contributed by atoms with Gasteiger partial charge >= 0.3 is 0 Å². The molecule has 90 valence electrons. The summed E-state index contributed by atoms with van der Waals surface area (Å²) < 4.78 is 19.1. The van der Waals surface area contributed by atoms with Crippen LogP contribution in [0.2, 0.25) is 0 Å². The predicted octanol–water partition coefficient (Wildman–Crippen LogP) is 2.45. The topological polar surface area (TPSA) is 47.3 Å². The maximum absolute atomic E-state index is 13.9. The maximum Gasteiger partial charge on any atom is 0.132 e. The van der Waals surface area contributed by atoms with E-state index in [4.69, 9.17) is 10.6 Å². The zero-order chi connectivity index (χ0) is 12.3. The molecule has 2 aromatic rings. The minimum atomic E-state index is -0.397. The van der Waals surface area contributed by atoms with E-state index in [0.29, 0.717) is 11.3 Å². The Bertz CT molecular complexity index is 487. The first-order chi connectivity index (χ1) is 8.27. The van der Waals surface area contributed by atoms with Gasteiger partial charge in [0, 0.05) is 4.88 Å². The van der Waals surface area contributed by atoms with Crippen molar-refractivity contribution in [1.29, 1.82) is 0 Å². The van der Waals surface area contributed by atoms with Crippen molar-refractivity contribution in [3.63, 3.8) is 0 Å². The van der Waals surface area contributed by atoms with Crippen LogP contribution in [0.25, 0.3) is 0 Å². The number of hydrazine groups is 1. The standard InChI is InChI=1S/C12H13FN2OS/c1-16-9-5-2-4-8(13)11(9)12(15-14)10-6-3-7-17-10/h2-7,12,15H,14H2,1H3. The quantitative estimate of drug-likeness (QED) is 0.649. The molecule has 3 N–H and O–H groups in total. The fourth-order valence-electron chi connectivity index (χ4n) is 1.74. The smallest absolute Gasteiger partial charge is 0.132 e. The van der Waals surface area contributed by atoms with Crippen LogP contribution in [0.5, 0.6) is 5.75 Å². The summed E-state index contributed by atoms with van der Waals surface area (Å²) in [6.07, 6.45) is 0. The van der Waals surface area contributed by atoms with Crippen LogP contribution in [0.1, 0.15) is 16.5 Å². The number of thiophene rings is 1. The summed E-state index contributed by atoms with van der Waals surface area (Å²) in [6.45, 7) is 0. The van der Waals surface area contributed by atoms with Gasteiger partial charge in [0.05, 0.1) is 18.7 Å². The Morgan fingerprint density at radius 2 is 2.18 bits per heavy atom. The Kier molecular flexibility index (Phi) is 3.73. The van der Waals surface area contributed by atoms with Crippen molar-refractivity contribution >= 4 is 11.3 Å². The monoisotopic (exact) mass is 252 g/mol. The van der Waals surface area contributed by atoms with Crippen LogP contribution in [-0.2, 0) is 0 Å². The van der Waals surface area contributed by atoms with E-state index >= 15 is 0 Å². The SMILES string of the molecule is COc1cccc(F)c1C(NN)c1cccs1. The first kappa shape index (κ1) is 12.0. The highest BCUT2D eigenvalue weighted by Crippen LogP contribution is 2.33. The van der Waals surface area contributed by atoms with Crippen LogP contribution in [0, 0.1) is 5.82 Å². The molecule has 2 rings (SSSR count). The van der Waals surface area contributed by atoms with Crippen molar-refractivity contribution in [2.75, 3.05) is 7.11 Å². The van der Waals surface area contributed by atoms with Crippen LogP contribution in [-0.4, -0.2) is 7.11 Å². The van der Waals surface area contributed by atoms with Gasteiger partial charge in [-0.05, 0) is 23.6 Å². The molecule has 1 unspecified atom stereocenters. The highest BCUT2D eigenvalue weighted by Gasteiger charge is 2.21.